The van der Waals surface area contributed by atoms with Crippen molar-refractivity contribution >= 4 is 16.7 Å². The first-order chi connectivity index (χ1) is 15.8. The van der Waals surface area contributed by atoms with E-state index in [1.165, 1.54) is 0 Å². The third-order valence-electron chi connectivity index (χ3n) is 6.49. The van der Waals surface area contributed by atoms with Crippen molar-refractivity contribution in [3.8, 4) is 23.1 Å². The van der Waals surface area contributed by atoms with Crippen LogP contribution in [0, 0.1) is 16.7 Å². The number of methoxy groups -OCH3 is 1. The number of ether oxygens (including phenoxy) is 2. The molecule has 2 heterocycles. The Kier molecular flexibility index (Phi) is 4.79. The van der Waals surface area contributed by atoms with Crippen molar-refractivity contribution in [2.24, 2.45) is 11.1 Å². The number of rotatable bonds is 3. The number of benzene rings is 2. The molecule has 0 saturated heterocycles. The maximum absolute atomic E-state index is 13.4. The predicted octanol–water partition coefficient (Wildman–Crippen LogP) is 5.29. The minimum absolute atomic E-state index is 0.00235. The summed E-state index contributed by atoms with van der Waals surface area (Å²) in [5, 5.41) is 11.0. The quantitative estimate of drug-likeness (QED) is 0.577. The largest absolute Gasteiger partial charge is 0.497 e. The summed E-state index contributed by atoms with van der Waals surface area (Å²) in [6.45, 7) is 4.09. The molecule has 0 radical (unpaired) electrons. The van der Waals surface area contributed by atoms with Crippen LogP contribution in [0.15, 0.2) is 71.3 Å². The Labute approximate surface area is 192 Å². The number of nitrogens with two attached hydrogens (primary N) is 1. The number of aromatic nitrogens is 1. The number of Topliss-reactive ketones (excluding diaryl/α,β-unsaturated/α-hetero) is 1. The van der Waals surface area contributed by atoms with Crippen LogP contribution < -0.4 is 10.5 Å². The van der Waals surface area contributed by atoms with Gasteiger partial charge in [-0.1, -0.05) is 32.0 Å². The summed E-state index contributed by atoms with van der Waals surface area (Å²) in [7, 11) is 1.63. The van der Waals surface area contributed by atoms with Gasteiger partial charge in [0.1, 0.15) is 23.2 Å². The number of H-pyrrole nitrogens is 1. The summed E-state index contributed by atoms with van der Waals surface area (Å²) in [5.74, 6) is 0.786. The van der Waals surface area contributed by atoms with E-state index in [2.05, 4.69) is 11.1 Å². The summed E-state index contributed by atoms with van der Waals surface area (Å²) in [6.07, 6.45) is 0.981. The van der Waals surface area contributed by atoms with E-state index < -0.39 is 5.92 Å². The molecule has 6 heteroatoms. The molecular formula is C27H25N3O3. The molecule has 0 fully saturated rings. The third-order valence-corrected chi connectivity index (χ3v) is 6.49. The molecule has 0 spiro atoms. The van der Waals surface area contributed by atoms with Crippen molar-refractivity contribution in [1.82, 2.24) is 4.98 Å². The van der Waals surface area contributed by atoms with Gasteiger partial charge in [-0.3, -0.25) is 4.79 Å². The van der Waals surface area contributed by atoms with Gasteiger partial charge in [-0.05, 0) is 46.9 Å². The normalized spacial score (nSPS) is 19.8. The van der Waals surface area contributed by atoms with Gasteiger partial charge >= 0.3 is 0 Å². The fourth-order valence-corrected chi connectivity index (χ4v) is 5.02. The van der Waals surface area contributed by atoms with Crippen molar-refractivity contribution in [3.63, 3.8) is 0 Å². The monoisotopic (exact) mass is 439 g/mol. The molecule has 2 aromatic carbocycles. The van der Waals surface area contributed by atoms with Gasteiger partial charge < -0.3 is 20.2 Å². The van der Waals surface area contributed by atoms with Crippen LogP contribution in [0.4, 0.5) is 0 Å². The predicted molar refractivity (Wildman–Crippen MR) is 126 cm³/mol. The van der Waals surface area contributed by atoms with Crippen LogP contribution in [0.25, 0.3) is 22.2 Å². The number of nitriles is 1. The summed E-state index contributed by atoms with van der Waals surface area (Å²) in [6, 6.07) is 17.9. The Morgan fingerprint density at radius 2 is 1.88 bits per heavy atom. The first-order valence-electron chi connectivity index (χ1n) is 10.9. The molecule has 33 heavy (non-hydrogen) atoms. The fourth-order valence-electron chi connectivity index (χ4n) is 5.02. The van der Waals surface area contributed by atoms with Gasteiger partial charge in [0, 0.05) is 29.3 Å². The molecule has 0 amide bonds. The van der Waals surface area contributed by atoms with Crippen LogP contribution in [0.3, 0.4) is 0 Å². The number of ketones is 1. The average molecular weight is 440 g/mol. The van der Waals surface area contributed by atoms with E-state index in [0.29, 0.717) is 24.2 Å². The lowest BCUT2D eigenvalue weighted by Crippen LogP contribution is -2.33. The Bertz CT molecular complexity index is 1380. The Morgan fingerprint density at radius 3 is 2.58 bits per heavy atom. The van der Waals surface area contributed by atoms with Crippen LogP contribution in [-0.4, -0.2) is 17.9 Å². The van der Waals surface area contributed by atoms with Gasteiger partial charge in [0.2, 0.25) is 5.88 Å². The average Bonchev–Trinajstić information content (AvgIpc) is 3.16. The fraction of sp³-hybridized carbons (Fsp3) is 0.259. The number of nitrogens with one attached hydrogen (secondary N) is 1. The lowest BCUT2D eigenvalue weighted by Gasteiger charge is -2.37. The smallest absolute Gasteiger partial charge is 0.205 e. The van der Waals surface area contributed by atoms with Gasteiger partial charge in [0.15, 0.2) is 5.78 Å². The van der Waals surface area contributed by atoms with E-state index in [4.69, 9.17) is 15.2 Å². The lowest BCUT2D eigenvalue weighted by atomic mass is 9.69. The zero-order valence-corrected chi connectivity index (χ0v) is 18.9. The summed E-state index contributed by atoms with van der Waals surface area (Å²) >= 11 is 0. The van der Waals surface area contributed by atoms with Gasteiger partial charge in [-0.2, -0.15) is 5.26 Å². The van der Waals surface area contributed by atoms with Gasteiger partial charge in [-0.25, -0.2) is 0 Å². The van der Waals surface area contributed by atoms with Crippen LogP contribution >= 0.6 is 0 Å². The number of allylic oxidation sites excluding steroid dienone is 3. The first kappa shape index (κ1) is 20.9. The van der Waals surface area contributed by atoms with Gasteiger partial charge in [0.05, 0.1) is 18.7 Å². The van der Waals surface area contributed by atoms with Crippen molar-refractivity contribution in [2.75, 3.05) is 7.11 Å². The summed E-state index contributed by atoms with van der Waals surface area (Å²) < 4.78 is 11.2. The maximum Gasteiger partial charge on any atom is 0.205 e. The zero-order chi connectivity index (χ0) is 23.3. The molecule has 2 aliphatic rings. The summed E-state index contributed by atoms with van der Waals surface area (Å²) in [4.78, 5) is 17.0. The number of aromatic amines is 1. The summed E-state index contributed by atoms with van der Waals surface area (Å²) in [5.41, 5.74) is 10.4. The molecule has 3 aromatic rings. The van der Waals surface area contributed by atoms with Crippen molar-refractivity contribution in [2.45, 2.75) is 32.6 Å². The van der Waals surface area contributed by atoms with E-state index in [1.807, 2.05) is 62.4 Å². The molecular weight excluding hydrogens is 414 g/mol. The maximum atomic E-state index is 13.4. The topological polar surface area (TPSA) is 101 Å². The van der Waals surface area contributed by atoms with Crippen LogP contribution in [0.5, 0.6) is 5.75 Å². The van der Waals surface area contributed by atoms with E-state index in [0.717, 1.165) is 33.5 Å². The number of hydrogen-bond donors (Lipinski definition) is 2. The number of hydrogen-bond acceptors (Lipinski definition) is 5. The molecule has 0 saturated carbocycles. The molecule has 166 valence electrons. The molecule has 0 bridgehead atoms. The minimum Gasteiger partial charge on any atom is -0.497 e. The Balaban J connectivity index is 1.81. The minimum atomic E-state index is -0.601. The highest BCUT2D eigenvalue weighted by Gasteiger charge is 2.44. The number of carbonyl (C=O) groups is 1. The number of para-hydroxylation sites is 1. The second kappa shape index (κ2) is 7.56. The molecule has 6 nitrogen and oxygen atoms in total. The molecule has 1 aliphatic heterocycles. The van der Waals surface area contributed by atoms with E-state index in [9.17, 15) is 10.1 Å². The lowest BCUT2D eigenvalue weighted by molar-refractivity contribution is -0.119. The van der Waals surface area contributed by atoms with Crippen LogP contribution in [-0.2, 0) is 9.53 Å². The second-order valence-electron chi connectivity index (χ2n) is 9.39. The van der Waals surface area contributed by atoms with Crippen molar-refractivity contribution in [1.29, 1.82) is 5.26 Å². The van der Waals surface area contributed by atoms with Gasteiger partial charge in [0.25, 0.3) is 0 Å². The first-order valence-corrected chi connectivity index (χ1v) is 10.9. The molecule has 1 aromatic heterocycles. The van der Waals surface area contributed by atoms with Crippen molar-refractivity contribution in [3.05, 3.63) is 76.9 Å². The van der Waals surface area contributed by atoms with E-state index >= 15 is 0 Å². The number of fused-ring (bicyclic) bond motifs is 1. The van der Waals surface area contributed by atoms with Crippen LogP contribution in [0.1, 0.15) is 38.2 Å². The number of nitrogens with zero attached hydrogens (tertiary/aromatic N) is 1. The molecule has 1 atom stereocenters. The van der Waals surface area contributed by atoms with E-state index in [1.54, 1.807) is 7.11 Å². The Morgan fingerprint density at radius 1 is 1.15 bits per heavy atom. The van der Waals surface area contributed by atoms with Gasteiger partial charge in [-0.15, -0.1) is 0 Å². The zero-order valence-electron chi connectivity index (χ0n) is 18.9. The highest BCUT2D eigenvalue weighted by Crippen LogP contribution is 2.51. The molecule has 1 unspecified atom stereocenters. The van der Waals surface area contributed by atoms with Crippen molar-refractivity contribution < 1.29 is 14.3 Å². The standard InChI is InChI=1S/C27H25N3O3/c1-27(2)12-20(31)24-21(13-27)33-26(29)18(14-28)22(24)23-17-6-4-5-7-19(17)30-25(23)15-8-10-16(32-3)11-9-15/h4-11,22,30H,12-13,29H2,1-3H3. The second-order valence-corrected chi connectivity index (χ2v) is 9.39. The highest BCUT2D eigenvalue weighted by atomic mass is 16.5. The van der Waals surface area contributed by atoms with Crippen LogP contribution in [0.2, 0.25) is 0 Å². The Hall–Kier alpha value is -3.98. The molecule has 5 rings (SSSR count). The third kappa shape index (κ3) is 3.37. The molecule has 3 N–H and O–H groups in total. The molecule has 1 aliphatic carbocycles. The number of carbonyl (C=O) groups excluding carboxylic acids is 1. The van der Waals surface area contributed by atoms with E-state index in [-0.39, 0.29) is 22.7 Å². The highest BCUT2D eigenvalue weighted by molar-refractivity contribution is 6.03. The SMILES string of the molecule is COc1ccc(-c2[nH]c3ccccc3c2C2C(C#N)=C(N)OC3=C2C(=O)CC(C)(C)C3)cc1.